The SMILES string of the molecule is C=C/C=C\C=C.CNCC[C@@H](O)Cc1ccc(C2=C(CCNC(C)=O)CCC=C2)cc1C.COCC(F)(F)COC. The second-order valence-electron chi connectivity index (χ2n) is 9.66. The Morgan fingerprint density at radius 3 is 2.29 bits per heavy atom. The number of carbonyl (C=O) groups is 1. The highest BCUT2D eigenvalue weighted by molar-refractivity contribution is 5.78. The molecule has 41 heavy (non-hydrogen) atoms. The van der Waals surface area contributed by atoms with Gasteiger partial charge in [0.25, 0.3) is 5.92 Å². The molecule has 0 aromatic heterocycles. The summed E-state index contributed by atoms with van der Waals surface area (Å²) in [5.41, 5.74) is 6.34. The summed E-state index contributed by atoms with van der Waals surface area (Å²) in [6.07, 6.45) is 15.7. The Morgan fingerprint density at radius 1 is 1.15 bits per heavy atom. The molecule has 1 atom stereocenters. The van der Waals surface area contributed by atoms with Crippen LogP contribution in [0.5, 0.6) is 0 Å². The van der Waals surface area contributed by atoms with E-state index in [1.165, 1.54) is 42.1 Å². The van der Waals surface area contributed by atoms with Crippen LogP contribution in [0.4, 0.5) is 8.78 Å². The fourth-order valence-electron chi connectivity index (χ4n) is 4.04. The maximum absolute atomic E-state index is 12.2. The van der Waals surface area contributed by atoms with Gasteiger partial charge in [-0.2, -0.15) is 0 Å². The smallest absolute Gasteiger partial charge is 0.293 e. The zero-order valence-electron chi connectivity index (χ0n) is 25.5. The molecule has 0 bridgehead atoms. The molecular formula is C33H50F2N2O4. The highest BCUT2D eigenvalue weighted by atomic mass is 19.3. The lowest BCUT2D eigenvalue weighted by Crippen LogP contribution is -2.28. The second kappa shape index (κ2) is 22.7. The number of hydrogen-bond donors (Lipinski definition) is 3. The van der Waals surface area contributed by atoms with Crippen molar-refractivity contribution in [3.63, 3.8) is 0 Å². The molecule has 1 aliphatic carbocycles. The molecule has 230 valence electrons. The van der Waals surface area contributed by atoms with Gasteiger partial charge in [-0.3, -0.25) is 4.79 Å². The number of hydrogen-bond acceptors (Lipinski definition) is 5. The number of allylic oxidation sites excluding steroid dienone is 7. The number of benzene rings is 1. The van der Waals surface area contributed by atoms with Crippen LogP contribution in [-0.4, -0.2) is 70.6 Å². The number of rotatable bonds is 15. The van der Waals surface area contributed by atoms with Gasteiger partial charge in [0.15, 0.2) is 0 Å². The van der Waals surface area contributed by atoms with E-state index in [1.807, 2.05) is 19.2 Å². The van der Waals surface area contributed by atoms with E-state index in [1.54, 1.807) is 19.1 Å². The minimum Gasteiger partial charge on any atom is -0.393 e. The molecule has 1 aromatic carbocycles. The fourth-order valence-corrected chi connectivity index (χ4v) is 4.04. The quantitative estimate of drug-likeness (QED) is 0.224. The number of carbonyl (C=O) groups excluding carboxylic acids is 1. The van der Waals surface area contributed by atoms with Crippen LogP contribution in [0, 0.1) is 6.92 Å². The van der Waals surface area contributed by atoms with Gasteiger partial charge >= 0.3 is 0 Å². The third kappa shape index (κ3) is 18.2. The van der Waals surface area contributed by atoms with Crippen LogP contribution in [0.25, 0.3) is 5.57 Å². The summed E-state index contributed by atoms with van der Waals surface area (Å²) >= 11 is 0. The molecule has 0 saturated carbocycles. The summed E-state index contributed by atoms with van der Waals surface area (Å²) in [7, 11) is 4.36. The van der Waals surface area contributed by atoms with Gasteiger partial charge in [0.1, 0.15) is 13.2 Å². The largest absolute Gasteiger partial charge is 0.393 e. The summed E-state index contributed by atoms with van der Waals surface area (Å²) in [6, 6.07) is 6.54. The Balaban J connectivity index is 0.000000877. The van der Waals surface area contributed by atoms with Crippen LogP contribution in [-0.2, 0) is 20.7 Å². The minimum atomic E-state index is -2.84. The minimum absolute atomic E-state index is 0.0236. The summed E-state index contributed by atoms with van der Waals surface area (Å²) in [5, 5.41) is 16.1. The van der Waals surface area contributed by atoms with Gasteiger partial charge in [0.2, 0.25) is 5.91 Å². The Hall–Kier alpha value is -2.91. The lowest BCUT2D eigenvalue weighted by atomic mass is 9.88. The van der Waals surface area contributed by atoms with Crippen LogP contribution in [0.2, 0.25) is 0 Å². The Kier molecular flexibility index (Phi) is 21.1. The van der Waals surface area contributed by atoms with Crippen molar-refractivity contribution in [2.24, 2.45) is 0 Å². The fraction of sp³-hybridized carbons (Fsp3) is 0.485. The van der Waals surface area contributed by atoms with Crippen molar-refractivity contribution in [3.8, 4) is 0 Å². The van der Waals surface area contributed by atoms with Gasteiger partial charge in [-0.15, -0.1) is 0 Å². The molecule has 0 radical (unpaired) electrons. The topological polar surface area (TPSA) is 79.8 Å². The van der Waals surface area contributed by atoms with E-state index in [4.69, 9.17) is 0 Å². The van der Waals surface area contributed by atoms with Gasteiger partial charge in [0.05, 0.1) is 6.10 Å². The van der Waals surface area contributed by atoms with Gasteiger partial charge in [-0.1, -0.05) is 73.4 Å². The molecule has 6 nitrogen and oxygen atoms in total. The Morgan fingerprint density at radius 2 is 1.78 bits per heavy atom. The molecule has 0 saturated heterocycles. The van der Waals surface area contributed by atoms with E-state index in [9.17, 15) is 18.7 Å². The van der Waals surface area contributed by atoms with Crippen molar-refractivity contribution in [1.29, 1.82) is 0 Å². The molecule has 0 fully saturated rings. The summed E-state index contributed by atoms with van der Waals surface area (Å²) in [6.45, 7) is 11.0. The lowest BCUT2D eigenvalue weighted by molar-refractivity contribution is -0.118. The van der Waals surface area contributed by atoms with Gasteiger partial charge in [0, 0.05) is 27.7 Å². The number of aliphatic hydroxyl groups excluding tert-OH is 1. The predicted octanol–water partition coefficient (Wildman–Crippen LogP) is 5.97. The average Bonchev–Trinajstić information content (AvgIpc) is 2.92. The summed E-state index contributed by atoms with van der Waals surface area (Å²) in [5.74, 6) is -2.82. The molecule has 1 aromatic rings. The van der Waals surface area contributed by atoms with Crippen molar-refractivity contribution in [3.05, 3.63) is 90.1 Å². The van der Waals surface area contributed by atoms with Crippen molar-refractivity contribution in [1.82, 2.24) is 10.6 Å². The third-order valence-electron chi connectivity index (χ3n) is 6.01. The maximum Gasteiger partial charge on any atom is 0.293 e. The van der Waals surface area contributed by atoms with Crippen molar-refractivity contribution in [2.45, 2.75) is 58.0 Å². The zero-order chi connectivity index (χ0) is 31.1. The molecule has 8 heteroatoms. The van der Waals surface area contributed by atoms with Gasteiger partial charge < -0.3 is 25.2 Å². The van der Waals surface area contributed by atoms with Crippen molar-refractivity contribution in [2.75, 3.05) is 47.6 Å². The number of aryl methyl sites for hydroxylation is 1. The van der Waals surface area contributed by atoms with Gasteiger partial charge in [-0.05, 0) is 74.9 Å². The molecule has 3 N–H and O–H groups in total. The second-order valence-corrected chi connectivity index (χ2v) is 9.66. The first-order chi connectivity index (χ1) is 19.5. The van der Waals surface area contributed by atoms with E-state index >= 15 is 0 Å². The molecular weight excluding hydrogens is 526 g/mol. The normalized spacial score (nSPS) is 13.6. The first kappa shape index (κ1) is 38.1. The number of alkyl halides is 2. The Bertz CT molecular complexity index is 985. The Labute approximate surface area is 245 Å². The number of amides is 1. The molecule has 1 aliphatic rings. The number of ether oxygens (including phenoxy) is 2. The molecule has 0 spiro atoms. The van der Waals surface area contributed by atoms with Gasteiger partial charge in [-0.25, -0.2) is 8.78 Å². The highest BCUT2D eigenvalue weighted by Gasteiger charge is 2.28. The van der Waals surface area contributed by atoms with Crippen molar-refractivity contribution >= 4 is 11.5 Å². The molecule has 2 rings (SSSR count). The van der Waals surface area contributed by atoms with Crippen molar-refractivity contribution < 1.29 is 28.2 Å². The van der Waals surface area contributed by atoms with Crippen LogP contribution < -0.4 is 10.6 Å². The monoisotopic (exact) mass is 576 g/mol. The first-order valence-electron chi connectivity index (χ1n) is 13.9. The van der Waals surface area contributed by atoms with Crippen LogP contribution >= 0.6 is 0 Å². The molecule has 0 heterocycles. The number of nitrogens with one attached hydrogen (secondary N) is 2. The molecule has 0 unspecified atom stereocenters. The maximum atomic E-state index is 12.2. The van der Waals surface area contributed by atoms with Crippen LogP contribution in [0.1, 0.15) is 49.3 Å². The van der Waals surface area contributed by atoms with E-state index < -0.39 is 19.1 Å². The number of halogens is 2. The molecule has 1 amide bonds. The van der Waals surface area contributed by atoms with Crippen LogP contribution in [0.15, 0.2) is 73.4 Å². The first-order valence-corrected chi connectivity index (χ1v) is 13.9. The summed E-state index contributed by atoms with van der Waals surface area (Å²) in [4.78, 5) is 11.1. The molecule has 0 aliphatic heterocycles. The summed E-state index contributed by atoms with van der Waals surface area (Å²) < 4.78 is 32.8. The average molecular weight is 577 g/mol. The number of methoxy groups -OCH3 is 2. The third-order valence-corrected chi connectivity index (χ3v) is 6.01. The van der Waals surface area contributed by atoms with E-state index in [-0.39, 0.29) is 12.0 Å². The van der Waals surface area contributed by atoms with E-state index in [0.29, 0.717) is 13.0 Å². The number of aliphatic hydroxyl groups is 1. The van der Waals surface area contributed by atoms with E-state index in [0.717, 1.165) is 32.2 Å². The highest BCUT2D eigenvalue weighted by Crippen LogP contribution is 2.30. The van der Waals surface area contributed by atoms with E-state index in [2.05, 4.69) is 70.5 Å². The standard InChI is InChI=1S/C22H32N2O2.C6H8.C5H10F2O2/c1-16-14-20(9-8-19(16)15-21(26)11-12-23-3)22-7-5-4-6-18(22)10-13-24-17(2)25;1-3-5-6-4-2;1-8-3-5(6,7)4-9-2/h5,7-9,14,21,23,26H,4,6,10-13,15H2,1-3H3,(H,24,25);3-6H,1-2H2;3-4H2,1-2H3/b;6-5-;/t21-;;/m1../s1. The van der Waals surface area contributed by atoms with Crippen LogP contribution in [0.3, 0.4) is 0 Å². The lowest BCUT2D eigenvalue weighted by Gasteiger charge is -2.19. The predicted molar refractivity (Wildman–Crippen MR) is 166 cm³/mol. The zero-order valence-corrected chi connectivity index (χ0v) is 25.5.